The third-order valence-corrected chi connectivity index (χ3v) is 5.18. The molecule has 1 amide bonds. The minimum absolute atomic E-state index is 0.0967. The Morgan fingerprint density at radius 3 is 2.81 bits per heavy atom. The van der Waals surface area contributed by atoms with E-state index in [9.17, 15) is 4.79 Å². The Labute approximate surface area is 159 Å². The normalized spacial score (nSPS) is 13.9. The smallest absolute Gasteiger partial charge is 0.252 e. The number of rotatable bonds is 5. The van der Waals surface area contributed by atoms with Crippen molar-refractivity contribution in [2.75, 3.05) is 7.11 Å². The molecule has 0 bridgehead atoms. The van der Waals surface area contributed by atoms with E-state index in [-0.39, 0.29) is 11.9 Å². The fraction of sp³-hybridized carbons (Fsp3) is 0.273. The number of amides is 1. The van der Waals surface area contributed by atoms with Crippen LogP contribution < -0.4 is 10.1 Å². The number of nitrogens with zero attached hydrogens (tertiary/aromatic N) is 2. The standard InChI is InChI=1S/C22H23N3O2/c1-25-12-11-23-21(25)20(17-7-4-8-19(14-17)27-2)24-22(26)18-10-9-15-5-3-6-16(15)13-18/h4,7-14,20H,3,5-6H2,1-2H3,(H,24,26). The molecule has 5 nitrogen and oxygen atoms in total. The zero-order valence-corrected chi connectivity index (χ0v) is 15.6. The lowest BCUT2D eigenvalue weighted by molar-refractivity contribution is 0.0941. The van der Waals surface area contributed by atoms with E-state index in [4.69, 9.17) is 4.74 Å². The van der Waals surface area contributed by atoms with Gasteiger partial charge in [0.25, 0.3) is 5.91 Å². The number of carbonyl (C=O) groups excluding carboxylic acids is 1. The molecule has 1 unspecified atom stereocenters. The number of aromatic nitrogens is 2. The molecule has 0 aliphatic heterocycles. The topological polar surface area (TPSA) is 56.1 Å². The summed E-state index contributed by atoms with van der Waals surface area (Å²) in [5, 5.41) is 3.16. The maximum Gasteiger partial charge on any atom is 0.252 e. The van der Waals surface area contributed by atoms with E-state index in [1.54, 1.807) is 13.3 Å². The summed E-state index contributed by atoms with van der Waals surface area (Å²) in [4.78, 5) is 17.5. The van der Waals surface area contributed by atoms with Crippen molar-refractivity contribution in [3.63, 3.8) is 0 Å². The van der Waals surface area contributed by atoms with Gasteiger partial charge in [-0.25, -0.2) is 4.98 Å². The molecule has 1 aliphatic carbocycles. The number of fused-ring (bicyclic) bond motifs is 1. The molecular weight excluding hydrogens is 338 g/mol. The van der Waals surface area contributed by atoms with Crippen molar-refractivity contribution >= 4 is 5.91 Å². The first-order valence-electron chi connectivity index (χ1n) is 9.19. The molecule has 1 N–H and O–H groups in total. The maximum absolute atomic E-state index is 13.0. The molecule has 2 aromatic carbocycles. The van der Waals surface area contributed by atoms with Gasteiger partial charge in [-0.3, -0.25) is 4.79 Å². The number of ether oxygens (including phenoxy) is 1. The molecule has 4 rings (SSSR count). The highest BCUT2D eigenvalue weighted by molar-refractivity contribution is 5.95. The molecule has 0 spiro atoms. The molecule has 138 valence electrons. The van der Waals surface area contributed by atoms with Gasteiger partial charge in [0.15, 0.2) is 0 Å². The number of aryl methyl sites for hydroxylation is 3. The molecule has 27 heavy (non-hydrogen) atoms. The van der Waals surface area contributed by atoms with Gasteiger partial charge in [-0.15, -0.1) is 0 Å². The van der Waals surface area contributed by atoms with E-state index in [1.165, 1.54) is 17.5 Å². The molecular formula is C22H23N3O2. The van der Waals surface area contributed by atoms with Crippen LogP contribution in [0.1, 0.15) is 45.3 Å². The fourth-order valence-electron chi connectivity index (χ4n) is 3.70. The van der Waals surface area contributed by atoms with Gasteiger partial charge in [-0.1, -0.05) is 18.2 Å². The molecule has 5 heteroatoms. The molecule has 0 saturated heterocycles. The van der Waals surface area contributed by atoms with E-state index in [0.29, 0.717) is 5.56 Å². The van der Waals surface area contributed by atoms with Crippen molar-refractivity contribution in [3.05, 3.63) is 82.9 Å². The number of imidazole rings is 1. The van der Waals surface area contributed by atoms with Crippen molar-refractivity contribution in [1.82, 2.24) is 14.9 Å². The number of benzene rings is 2. The van der Waals surface area contributed by atoms with Crippen LogP contribution in [-0.4, -0.2) is 22.6 Å². The van der Waals surface area contributed by atoms with Gasteiger partial charge in [0.1, 0.15) is 17.6 Å². The second-order valence-corrected chi connectivity index (χ2v) is 6.92. The molecule has 1 aromatic heterocycles. The average Bonchev–Trinajstić information content (AvgIpc) is 3.34. The number of methoxy groups -OCH3 is 1. The Bertz CT molecular complexity index is 977. The Hall–Kier alpha value is -3.08. The summed E-state index contributed by atoms with van der Waals surface area (Å²) < 4.78 is 7.28. The number of carbonyl (C=O) groups is 1. The lowest BCUT2D eigenvalue weighted by Gasteiger charge is -2.20. The summed E-state index contributed by atoms with van der Waals surface area (Å²) in [6.45, 7) is 0. The zero-order valence-electron chi connectivity index (χ0n) is 15.6. The Morgan fingerprint density at radius 1 is 1.19 bits per heavy atom. The highest BCUT2D eigenvalue weighted by Gasteiger charge is 2.23. The minimum Gasteiger partial charge on any atom is -0.497 e. The summed E-state index contributed by atoms with van der Waals surface area (Å²) in [5.74, 6) is 1.43. The SMILES string of the molecule is COc1cccc(C(NC(=O)c2ccc3c(c2)CCC3)c2nccn2C)c1. The predicted octanol–water partition coefficient (Wildman–Crippen LogP) is 3.44. The first kappa shape index (κ1) is 17.3. The van der Waals surface area contributed by atoms with Crippen LogP contribution >= 0.6 is 0 Å². The van der Waals surface area contributed by atoms with Gasteiger partial charge in [-0.05, 0) is 60.2 Å². The quantitative estimate of drug-likeness (QED) is 0.757. The highest BCUT2D eigenvalue weighted by Crippen LogP contribution is 2.26. The number of hydrogen-bond acceptors (Lipinski definition) is 3. The van der Waals surface area contributed by atoms with E-state index in [0.717, 1.165) is 30.0 Å². The largest absolute Gasteiger partial charge is 0.497 e. The Kier molecular flexibility index (Phi) is 4.67. The second-order valence-electron chi connectivity index (χ2n) is 6.92. The van der Waals surface area contributed by atoms with Crippen LogP contribution in [0, 0.1) is 0 Å². The third kappa shape index (κ3) is 3.45. The summed E-state index contributed by atoms with van der Waals surface area (Å²) in [6, 6.07) is 13.4. The number of hydrogen-bond donors (Lipinski definition) is 1. The van der Waals surface area contributed by atoms with Crippen molar-refractivity contribution in [2.24, 2.45) is 7.05 Å². The van der Waals surface area contributed by atoms with Crippen LogP contribution in [0.5, 0.6) is 5.75 Å². The summed E-state index contributed by atoms with van der Waals surface area (Å²) in [6.07, 6.45) is 6.94. The van der Waals surface area contributed by atoms with E-state index in [2.05, 4.69) is 16.4 Å². The second kappa shape index (κ2) is 7.27. The summed E-state index contributed by atoms with van der Waals surface area (Å²) in [7, 11) is 3.56. The average molecular weight is 361 g/mol. The van der Waals surface area contributed by atoms with Crippen LogP contribution in [0.25, 0.3) is 0 Å². The van der Waals surface area contributed by atoms with Crippen LogP contribution in [0.2, 0.25) is 0 Å². The van der Waals surface area contributed by atoms with Crippen molar-refractivity contribution in [2.45, 2.75) is 25.3 Å². The molecule has 0 saturated carbocycles. The molecule has 3 aromatic rings. The van der Waals surface area contributed by atoms with E-state index in [1.807, 2.05) is 54.2 Å². The van der Waals surface area contributed by atoms with Gasteiger partial charge in [0.2, 0.25) is 0 Å². The highest BCUT2D eigenvalue weighted by atomic mass is 16.5. The summed E-state index contributed by atoms with van der Waals surface area (Å²) in [5.41, 5.74) is 4.27. The van der Waals surface area contributed by atoms with Crippen molar-refractivity contribution < 1.29 is 9.53 Å². The van der Waals surface area contributed by atoms with Crippen LogP contribution in [0.3, 0.4) is 0 Å². The number of nitrogens with one attached hydrogen (secondary N) is 1. The lowest BCUT2D eigenvalue weighted by atomic mass is 10.0. The predicted molar refractivity (Wildman–Crippen MR) is 104 cm³/mol. The monoisotopic (exact) mass is 361 g/mol. The molecule has 0 fully saturated rings. The van der Waals surface area contributed by atoms with Gasteiger partial charge in [-0.2, -0.15) is 0 Å². The Balaban J connectivity index is 1.67. The first-order valence-corrected chi connectivity index (χ1v) is 9.19. The first-order chi connectivity index (χ1) is 13.2. The Morgan fingerprint density at radius 2 is 2.04 bits per heavy atom. The minimum atomic E-state index is -0.360. The molecule has 0 radical (unpaired) electrons. The van der Waals surface area contributed by atoms with Crippen molar-refractivity contribution in [3.8, 4) is 5.75 Å². The lowest BCUT2D eigenvalue weighted by Crippen LogP contribution is -2.31. The van der Waals surface area contributed by atoms with Crippen LogP contribution in [-0.2, 0) is 19.9 Å². The summed E-state index contributed by atoms with van der Waals surface area (Å²) >= 11 is 0. The third-order valence-electron chi connectivity index (χ3n) is 5.18. The van der Waals surface area contributed by atoms with Gasteiger partial charge < -0.3 is 14.6 Å². The molecule has 1 atom stereocenters. The van der Waals surface area contributed by atoms with E-state index >= 15 is 0 Å². The van der Waals surface area contributed by atoms with Gasteiger partial charge in [0, 0.05) is 25.0 Å². The molecule has 1 aliphatic rings. The van der Waals surface area contributed by atoms with E-state index < -0.39 is 0 Å². The fourth-order valence-corrected chi connectivity index (χ4v) is 3.70. The maximum atomic E-state index is 13.0. The molecule has 1 heterocycles. The van der Waals surface area contributed by atoms with Crippen LogP contribution in [0.15, 0.2) is 54.9 Å². The van der Waals surface area contributed by atoms with Crippen LogP contribution in [0.4, 0.5) is 0 Å². The van der Waals surface area contributed by atoms with Gasteiger partial charge in [0.05, 0.1) is 7.11 Å². The van der Waals surface area contributed by atoms with Crippen molar-refractivity contribution in [1.29, 1.82) is 0 Å². The zero-order chi connectivity index (χ0) is 18.8. The van der Waals surface area contributed by atoms with Gasteiger partial charge >= 0.3 is 0 Å².